The van der Waals surface area contributed by atoms with Crippen LogP contribution in [0.4, 0.5) is 4.39 Å². The molecule has 140 valence electrons. The van der Waals surface area contributed by atoms with Crippen molar-refractivity contribution < 1.29 is 18.7 Å². The third kappa shape index (κ3) is 4.50. The minimum Gasteiger partial charge on any atom is -0.452 e. The Hall–Kier alpha value is -2.63. The van der Waals surface area contributed by atoms with Crippen LogP contribution in [0.15, 0.2) is 30.3 Å². The van der Waals surface area contributed by atoms with E-state index in [1.807, 2.05) is 25.3 Å². The number of aromatic nitrogens is 1. The lowest BCUT2D eigenvalue weighted by Gasteiger charge is -2.14. The van der Waals surface area contributed by atoms with Crippen LogP contribution in [0.3, 0.4) is 0 Å². The first-order valence-corrected chi connectivity index (χ1v) is 8.78. The molecule has 0 spiro atoms. The normalized spacial score (nSPS) is 10.8. The second kappa shape index (κ2) is 8.65. The molecule has 1 aromatic heterocycles. The third-order valence-electron chi connectivity index (χ3n) is 4.42. The summed E-state index contributed by atoms with van der Waals surface area (Å²) < 4.78 is 20.1. The molecule has 1 aromatic carbocycles. The predicted octanol–water partition coefficient (Wildman–Crippen LogP) is 3.69. The summed E-state index contributed by atoms with van der Waals surface area (Å²) in [5, 5.41) is 2.83. The molecule has 2 aromatic rings. The average molecular weight is 360 g/mol. The van der Waals surface area contributed by atoms with Gasteiger partial charge in [-0.1, -0.05) is 13.8 Å². The van der Waals surface area contributed by atoms with Gasteiger partial charge >= 0.3 is 5.97 Å². The van der Waals surface area contributed by atoms with E-state index < -0.39 is 5.97 Å². The van der Waals surface area contributed by atoms with Gasteiger partial charge in [0.2, 0.25) is 0 Å². The van der Waals surface area contributed by atoms with Gasteiger partial charge in [0.25, 0.3) is 5.91 Å². The molecule has 0 radical (unpaired) electrons. The predicted molar refractivity (Wildman–Crippen MR) is 98.0 cm³/mol. The van der Waals surface area contributed by atoms with Crippen LogP contribution in [0.1, 0.15) is 48.4 Å². The van der Waals surface area contributed by atoms with Gasteiger partial charge in [-0.2, -0.15) is 0 Å². The van der Waals surface area contributed by atoms with Crippen LogP contribution >= 0.6 is 0 Å². The van der Waals surface area contributed by atoms with Crippen LogP contribution in [0.2, 0.25) is 0 Å². The Kier molecular flexibility index (Phi) is 6.55. The van der Waals surface area contributed by atoms with Crippen LogP contribution in [0, 0.1) is 19.7 Å². The number of carbonyl (C=O) groups is 2. The molecule has 0 aliphatic carbocycles. The summed E-state index contributed by atoms with van der Waals surface area (Å²) in [5.74, 6) is -1.18. The van der Waals surface area contributed by atoms with E-state index >= 15 is 0 Å². The minimum absolute atomic E-state index is 0.0877. The van der Waals surface area contributed by atoms with Crippen molar-refractivity contribution in [2.45, 2.75) is 46.6 Å². The summed E-state index contributed by atoms with van der Waals surface area (Å²) in [6.07, 6.45) is 1.66. The number of nitrogens with one attached hydrogen (secondary N) is 1. The summed E-state index contributed by atoms with van der Waals surface area (Å²) in [5.41, 5.74) is 2.65. The van der Waals surface area contributed by atoms with Crippen molar-refractivity contribution in [3.63, 3.8) is 0 Å². The van der Waals surface area contributed by atoms with Crippen molar-refractivity contribution in [2.75, 3.05) is 6.61 Å². The number of benzene rings is 1. The van der Waals surface area contributed by atoms with Gasteiger partial charge in [0.15, 0.2) is 6.61 Å². The Balaban J connectivity index is 2.09. The van der Waals surface area contributed by atoms with E-state index in [0.717, 1.165) is 24.2 Å². The summed E-state index contributed by atoms with van der Waals surface area (Å²) in [4.78, 5) is 24.3. The molecule has 0 saturated heterocycles. The van der Waals surface area contributed by atoms with E-state index in [-0.39, 0.29) is 24.4 Å². The maximum Gasteiger partial charge on any atom is 0.340 e. The lowest BCUT2D eigenvalue weighted by molar-refractivity contribution is -0.125. The number of nitrogens with zero attached hydrogens (tertiary/aromatic N) is 1. The summed E-state index contributed by atoms with van der Waals surface area (Å²) in [7, 11) is 0. The van der Waals surface area contributed by atoms with E-state index in [4.69, 9.17) is 4.74 Å². The Morgan fingerprint density at radius 1 is 1.15 bits per heavy atom. The van der Waals surface area contributed by atoms with Gasteiger partial charge in [0, 0.05) is 23.1 Å². The molecule has 0 aliphatic heterocycles. The van der Waals surface area contributed by atoms with Crippen molar-refractivity contribution in [3.8, 4) is 5.69 Å². The lowest BCUT2D eigenvalue weighted by atomic mass is 10.2. The average Bonchev–Trinajstić information content (AvgIpc) is 2.93. The SMILES string of the molecule is CCC(CC)NC(=O)COC(=O)c1cc(C)n(-c2ccc(F)cc2)c1C. The molecule has 1 heterocycles. The fourth-order valence-electron chi connectivity index (χ4n) is 2.93. The third-order valence-corrected chi connectivity index (χ3v) is 4.42. The van der Waals surface area contributed by atoms with Crippen molar-refractivity contribution in [1.29, 1.82) is 0 Å². The van der Waals surface area contributed by atoms with Crippen LogP contribution < -0.4 is 5.32 Å². The van der Waals surface area contributed by atoms with Crippen LogP contribution in [-0.2, 0) is 9.53 Å². The maximum absolute atomic E-state index is 13.1. The van der Waals surface area contributed by atoms with Gasteiger partial charge in [-0.15, -0.1) is 0 Å². The highest BCUT2D eigenvalue weighted by Gasteiger charge is 2.19. The largest absolute Gasteiger partial charge is 0.452 e. The monoisotopic (exact) mass is 360 g/mol. The number of hydrogen-bond donors (Lipinski definition) is 1. The number of halogens is 1. The fraction of sp³-hybridized carbons (Fsp3) is 0.400. The standard InChI is InChI=1S/C20H25FN2O3/c1-5-16(6-2)22-19(24)12-26-20(25)18-11-13(3)23(14(18)4)17-9-7-15(21)8-10-17/h7-11,16H,5-6,12H2,1-4H3,(H,22,24). The molecular weight excluding hydrogens is 335 g/mol. The summed E-state index contributed by atoms with van der Waals surface area (Å²) in [6, 6.07) is 7.83. The molecule has 5 nitrogen and oxygen atoms in total. The van der Waals surface area contributed by atoms with E-state index in [1.165, 1.54) is 12.1 Å². The quantitative estimate of drug-likeness (QED) is 0.766. The molecule has 0 saturated carbocycles. The number of aryl methyl sites for hydroxylation is 1. The van der Waals surface area contributed by atoms with Crippen molar-refractivity contribution in [3.05, 3.63) is 53.1 Å². The van der Waals surface area contributed by atoms with Crippen molar-refractivity contribution >= 4 is 11.9 Å². The number of ether oxygens (including phenoxy) is 1. The second-order valence-corrected chi connectivity index (χ2v) is 6.25. The van der Waals surface area contributed by atoms with Gasteiger partial charge in [0.05, 0.1) is 5.56 Å². The van der Waals surface area contributed by atoms with Crippen LogP contribution in [0.5, 0.6) is 0 Å². The first-order valence-electron chi connectivity index (χ1n) is 8.78. The molecule has 1 amide bonds. The van der Waals surface area contributed by atoms with Gasteiger partial charge in [-0.25, -0.2) is 9.18 Å². The molecule has 0 atom stereocenters. The smallest absolute Gasteiger partial charge is 0.340 e. The van der Waals surface area contributed by atoms with E-state index in [0.29, 0.717) is 11.3 Å². The first kappa shape index (κ1) is 19.7. The highest BCUT2D eigenvalue weighted by atomic mass is 19.1. The zero-order valence-corrected chi connectivity index (χ0v) is 15.6. The summed E-state index contributed by atoms with van der Waals surface area (Å²) >= 11 is 0. The Morgan fingerprint density at radius 2 is 1.77 bits per heavy atom. The van der Waals surface area contributed by atoms with E-state index in [2.05, 4.69) is 5.32 Å². The van der Waals surface area contributed by atoms with Crippen molar-refractivity contribution in [2.24, 2.45) is 0 Å². The van der Waals surface area contributed by atoms with Gasteiger partial charge in [-0.05, 0) is 57.0 Å². The van der Waals surface area contributed by atoms with Gasteiger partial charge in [0.1, 0.15) is 5.82 Å². The van der Waals surface area contributed by atoms with Gasteiger partial charge in [-0.3, -0.25) is 4.79 Å². The number of hydrogen-bond acceptors (Lipinski definition) is 3. The van der Waals surface area contributed by atoms with E-state index in [1.54, 1.807) is 25.1 Å². The van der Waals surface area contributed by atoms with Crippen LogP contribution in [-0.4, -0.2) is 29.1 Å². The number of esters is 1. The zero-order valence-electron chi connectivity index (χ0n) is 15.6. The topological polar surface area (TPSA) is 60.3 Å². The Labute approximate surface area is 153 Å². The Morgan fingerprint density at radius 3 is 2.35 bits per heavy atom. The highest BCUT2D eigenvalue weighted by Crippen LogP contribution is 2.21. The molecule has 1 N–H and O–H groups in total. The minimum atomic E-state index is -0.550. The molecule has 0 unspecified atom stereocenters. The van der Waals surface area contributed by atoms with Crippen molar-refractivity contribution in [1.82, 2.24) is 9.88 Å². The molecule has 6 heteroatoms. The maximum atomic E-state index is 13.1. The first-order chi connectivity index (χ1) is 12.4. The lowest BCUT2D eigenvalue weighted by Crippen LogP contribution is -2.36. The van der Waals surface area contributed by atoms with Gasteiger partial charge < -0.3 is 14.6 Å². The number of rotatable bonds is 7. The number of carbonyl (C=O) groups excluding carboxylic acids is 2. The second-order valence-electron chi connectivity index (χ2n) is 6.25. The molecule has 26 heavy (non-hydrogen) atoms. The highest BCUT2D eigenvalue weighted by molar-refractivity contribution is 5.93. The molecular formula is C20H25FN2O3. The Bertz CT molecular complexity index is 777. The molecule has 0 bridgehead atoms. The molecule has 0 fully saturated rings. The number of amides is 1. The zero-order chi connectivity index (χ0) is 19.3. The summed E-state index contributed by atoms with van der Waals surface area (Å²) in [6.45, 7) is 7.31. The van der Waals surface area contributed by atoms with E-state index in [9.17, 15) is 14.0 Å². The molecule has 0 aliphatic rings. The molecule has 2 rings (SSSR count). The fourth-order valence-corrected chi connectivity index (χ4v) is 2.93. The van der Waals surface area contributed by atoms with Crippen LogP contribution in [0.25, 0.3) is 5.69 Å².